The Morgan fingerprint density at radius 1 is 0.932 bits per heavy atom. The van der Waals surface area contributed by atoms with E-state index in [1.54, 1.807) is 24.3 Å². The third-order valence-electron chi connectivity index (χ3n) is 7.56. The molecule has 4 rings (SSSR count). The van der Waals surface area contributed by atoms with Gasteiger partial charge in [-0.1, -0.05) is 36.4 Å². The number of halogens is 6. The molecular weight excluding hydrogens is 590 g/mol. The number of hydrogen-bond acceptors (Lipinski definition) is 5. The van der Waals surface area contributed by atoms with Crippen molar-refractivity contribution in [3.05, 3.63) is 95.1 Å². The van der Waals surface area contributed by atoms with E-state index in [2.05, 4.69) is 10.2 Å². The molecule has 6 nitrogen and oxygen atoms in total. The highest BCUT2D eigenvalue weighted by atomic mass is 19.4. The molecule has 12 heteroatoms. The SMILES string of the molecule is CC(=O)Nc1cccc(OCC(O)CN2CCC(COCc3cc(C(F)(F)F)cc(C(F)(F)F)c3)(c3ccccc3)CC2)c1. The van der Waals surface area contributed by atoms with Gasteiger partial charge < -0.3 is 24.8 Å². The van der Waals surface area contributed by atoms with Crippen LogP contribution in [0.25, 0.3) is 0 Å². The lowest BCUT2D eigenvalue weighted by Crippen LogP contribution is -2.47. The summed E-state index contributed by atoms with van der Waals surface area (Å²) in [4.78, 5) is 13.4. The van der Waals surface area contributed by atoms with Crippen molar-refractivity contribution in [1.29, 1.82) is 0 Å². The number of aliphatic hydroxyl groups is 1. The van der Waals surface area contributed by atoms with Crippen molar-refractivity contribution in [2.45, 2.75) is 50.2 Å². The first-order valence-electron chi connectivity index (χ1n) is 14.1. The number of piperidine rings is 1. The number of carbonyl (C=O) groups is 1. The molecule has 0 bridgehead atoms. The molecule has 1 unspecified atom stereocenters. The van der Waals surface area contributed by atoms with Gasteiger partial charge in [-0.25, -0.2) is 0 Å². The molecule has 3 aromatic carbocycles. The third-order valence-corrected chi connectivity index (χ3v) is 7.56. The number of anilines is 1. The Hall–Kier alpha value is -3.61. The van der Waals surface area contributed by atoms with Gasteiger partial charge in [-0.05, 0) is 67.4 Å². The smallest absolute Gasteiger partial charge is 0.416 e. The van der Waals surface area contributed by atoms with Crippen LogP contribution in [0.15, 0.2) is 72.8 Å². The fourth-order valence-electron chi connectivity index (χ4n) is 5.35. The zero-order chi connectivity index (χ0) is 32.0. The first kappa shape index (κ1) is 33.3. The normalized spacial score (nSPS) is 16.4. The maximum Gasteiger partial charge on any atom is 0.416 e. The predicted molar refractivity (Wildman–Crippen MR) is 152 cm³/mol. The number of nitrogens with one attached hydrogen (secondary N) is 1. The molecule has 1 heterocycles. The van der Waals surface area contributed by atoms with Gasteiger partial charge in [0.1, 0.15) is 18.5 Å². The van der Waals surface area contributed by atoms with Gasteiger partial charge in [0.25, 0.3) is 0 Å². The van der Waals surface area contributed by atoms with E-state index >= 15 is 0 Å². The Balaban J connectivity index is 1.37. The summed E-state index contributed by atoms with van der Waals surface area (Å²) >= 11 is 0. The molecule has 238 valence electrons. The minimum absolute atomic E-state index is 0.0316. The van der Waals surface area contributed by atoms with Crippen LogP contribution in [-0.2, 0) is 33.9 Å². The summed E-state index contributed by atoms with van der Waals surface area (Å²) in [7, 11) is 0. The molecule has 0 aromatic heterocycles. The van der Waals surface area contributed by atoms with Crippen LogP contribution >= 0.6 is 0 Å². The number of likely N-dealkylation sites (tertiary alicyclic amines) is 1. The molecule has 1 aliphatic heterocycles. The summed E-state index contributed by atoms with van der Waals surface area (Å²) in [5.74, 6) is 0.285. The van der Waals surface area contributed by atoms with Gasteiger partial charge in [0.15, 0.2) is 0 Å². The van der Waals surface area contributed by atoms with Crippen LogP contribution in [0.3, 0.4) is 0 Å². The van der Waals surface area contributed by atoms with Gasteiger partial charge in [-0.3, -0.25) is 4.79 Å². The van der Waals surface area contributed by atoms with Crippen molar-refractivity contribution in [2.75, 3.05) is 38.2 Å². The van der Waals surface area contributed by atoms with Gasteiger partial charge in [-0.2, -0.15) is 26.3 Å². The number of rotatable bonds is 11. The third kappa shape index (κ3) is 9.20. The standard InChI is InChI=1S/C32H34F6N2O4/c1-22(41)39-27-8-5-9-29(17-27)44-20-28(42)18-40-12-10-30(11-13-40,24-6-3-2-4-7-24)21-43-19-23-14-25(31(33,34)35)16-26(15-23)32(36,37)38/h2-9,14-17,28,42H,10-13,18-21H2,1H3,(H,39,41). The number of β-amino-alcohol motifs (C(OH)–C–C–N with tert-alkyl or cyclic N) is 1. The molecule has 1 amide bonds. The maximum atomic E-state index is 13.3. The Kier molecular flexibility index (Phi) is 10.6. The Labute approximate surface area is 251 Å². The van der Waals surface area contributed by atoms with E-state index in [4.69, 9.17) is 9.47 Å². The van der Waals surface area contributed by atoms with Crippen LogP contribution in [0.5, 0.6) is 5.75 Å². The lowest BCUT2D eigenvalue weighted by atomic mass is 9.73. The molecule has 2 N–H and O–H groups in total. The molecule has 1 aliphatic rings. The average molecular weight is 625 g/mol. The lowest BCUT2D eigenvalue weighted by molar-refractivity contribution is -0.143. The van der Waals surface area contributed by atoms with Gasteiger partial charge in [-0.15, -0.1) is 0 Å². The largest absolute Gasteiger partial charge is 0.491 e. The highest BCUT2D eigenvalue weighted by Gasteiger charge is 2.38. The zero-order valence-electron chi connectivity index (χ0n) is 24.0. The summed E-state index contributed by atoms with van der Waals surface area (Å²) in [6.45, 7) is 2.61. The molecule has 0 spiro atoms. The van der Waals surface area contributed by atoms with Crippen molar-refractivity contribution in [1.82, 2.24) is 4.90 Å². The molecular formula is C32H34F6N2O4. The maximum absolute atomic E-state index is 13.3. The summed E-state index contributed by atoms with van der Waals surface area (Å²) in [5.41, 5.74) is -1.94. The minimum atomic E-state index is -4.93. The fourth-order valence-corrected chi connectivity index (χ4v) is 5.35. The number of hydrogen-bond donors (Lipinski definition) is 2. The van der Waals surface area contributed by atoms with Crippen molar-refractivity contribution in [3.63, 3.8) is 0 Å². The summed E-state index contributed by atoms with van der Waals surface area (Å²) in [5, 5.41) is 13.3. The number of benzene rings is 3. The Morgan fingerprint density at radius 2 is 1.57 bits per heavy atom. The van der Waals surface area contributed by atoms with Gasteiger partial charge in [0.05, 0.1) is 24.3 Å². The van der Waals surface area contributed by atoms with E-state index in [1.807, 2.05) is 30.3 Å². The molecule has 44 heavy (non-hydrogen) atoms. The average Bonchev–Trinajstić information content (AvgIpc) is 2.96. The van der Waals surface area contributed by atoms with E-state index in [0.29, 0.717) is 56.0 Å². The van der Waals surface area contributed by atoms with E-state index in [1.165, 1.54) is 6.92 Å². The second kappa shape index (κ2) is 14.0. The zero-order valence-corrected chi connectivity index (χ0v) is 24.0. The molecule has 1 atom stereocenters. The minimum Gasteiger partial charge on any atom is -0.491 e. The summed E-state index contributed by atoms with van der Waals surface area (Å²) in [6.07, 6.45) is -9.47. The van der Waals surface area contributed by atoms with Gasteiger partial charge in [0.2, 0.25) is 5.91 Å². The lowest BCUT2D eigenvalue weighted by Gasteiger charge is -2.42. The van der Waals surface area contributed by atoms with Crippen LogP contribution < -0.4 is 10.1 Å². The molecule has 0 aliphatic carbocycles. The fraction of sp³-hybridized carbons (Fsp3) is 0.406. The highest BCUT2D eigenvalue weighted by molar-refractivity contribution is 5.88. The highest BCUT2D eigenvalue weighted by Crippen LogP contribution is 2.38. The number of amides is 1. The molecule has 1 fully saturated rings. The predicted octanol–water partition coefficient (Wildman–Crippen LogP) is 6.67. The summed E-state index contributed by atoms with van der Waals surface area (Å²) in [6, 6.07) is 17.8. The number of nitrogens with zero attached hydrogens (tertiary/aromatic N) is 1. The molecule has 3 aromatic rings. The van der Waals surface area contributed by atoms with E-state index in [0.717, 1.165) is 5.56 Å². The number of ether oxygens (including phenoxy) is 2. The van der Waals surface area contributed by atoms with Crippen molar-refractivity contribution >= 4 is 11.6 Å². The van der Waals surface area contributed by atoms with E-state index in [-0.39, 0.29) is 30.8 Å². The summed E-state index contributed by atoms with van der Waals surface area (Å²) < 4.78 is 91.3. The van der Waals surface area contributed by atoms with Crippen LogP contribution in [0.4, 0.5) is 32.0 Å². The second-order valence-electron chi connectivity index (χ2n) is 11.0. The van der Waals surface area contributed by atoms with Gasteiger partial charge >= 0.3 is 12.4 Å². The van der Waals surface area contributed by atoms with Crippen molar-refractivity contribution in [2.24, 2.45) is 0 Å². The first-order valence-corrected chi connectivity index (χ1v) is 14.1. The topological polar surface area (TPSA) is 71.0 Å². The Bertz CT molecular complexity index is 1360. The second-order valence-corrected chi connectivity index (χ2v) is 11.0. The van der Waals surface area contributed by atoms with Crippen LogP contribution in [0.1, 0.15) is 42.0 Å². The van der Waals surface area contributed by atoms with Crippen molar-refractivity contribution < 1.29 is 45.7 Å². The number of alkyl halides is 6. The quantitative estimate of drug-likeness (QED) is 0.233. The Morgan fingerprint density at radius 3 is 2.16 bits per heavy atom. The van der Waals surface area contributed by atoms with Crippen molar-refractivity contribution in [3.8, 4) is 5.75 Å². The van der Waals surface area contributed by atoms with E-state index < -0.39 is 41.6 Å². The molecule has 1 saturated heterocycles. The molecule has 0 saturated carbocycles. The molecule has 0 radical (unpaired) electrons. The van der Waals surface area contributed by atoms with Crippen LogP contribution in [-0.4, -0.2) is 54.9 Å². The number of aliphatic hydroxyl groups excluding tert-OH is 1. The van der Waals surface area contributed by atoms with Gasteiger partial charge in [0, 0.05) is 30.6 Å². The van der Waals surface area contributed by atoms with Crippen LogP contribution in [0, 0.1) is 0 Å². The van der Waals surface area contributed by atoms with E-state index in [9.17, 15) is 36.2 Å². The first-order chi connectivity index (χ1) is 20.7. The monoisotopic (exact) mass is 624 g/mol. The number of carbonyl (C=O) groups excluding carboxylic acids is 1. The van der Waals surface area contributed by atoms with Crippen LogP contribution in [0.2, 0.25) is 0 Å².